The van der Waals surface area contributed by atoms with E-state index in [-0.39, 0.29) is 12.5 Å². The molecule has 4 nitrogen and oxygen atoms in total. The van der Waals surface area contributed by atoms with E-state index >= 15 is 0 Å². The number of carbonyl (C=O) groups is 1. The van der Waals surface area contributed by atoms with Crippen molar-refractivity contribution in [1.82, 2.24) is 10.5 Å². The van der Waals surface area contributed by atoms with Gasteiger partial charge < -0.3 is 0 Å². The van der Waals surface area contributed by atoms with Crippen molar-refractivity contribution in [2.24, 2.45) is 0 Å². The van der Waals surface area contributed by atoms with Crippen LogP contribution in [0.3, 0.4) is 0 Å². The van der Waals surface area contributed by atoms with Crippen molar-refractivity contribution in [2.45, 2.75) is 0 Å². The second-order valence-corrected chi connectivity index (χ2v) is 3.23. The van der Waals surface area contributed by atoms with Gasteiger partial charge in [0.1, 0.15) is 6.61 Å². The van der Waals surface area contributed by atoms with Gasteiger partial charge in [-0.25, -0.2) is 5.48 Å². The number of hydrogen-bond donors (Lipinski definition) is 1. The number of pyridine rings is 1. The average molecular weight is 255 g/mol. The van der Waals surface area contributed by atoms with Crippen LogP contribution in [0.2, 0.25) is 0 Å². The highest BCUT2D eigenvalue weighted by Crippen LogP contribution is 2.09. The third kappa shape index (κ3) is 3.17. The lowest BCUT2D eigenvalue weighted by Gasteiger charge is -2.02. The van der Waals surface area contributed by atoms with E-state index in [1.807, 2.05) is 0 Å². The number of terminal acetylenes is 1. The van der Waals surface area contributed by atoms with Crippen LogP contribution in [0.15, 0.2) is 22.9 Å². The molecule has 0 aliphatic carbocycles. The standard InChI is InChI=1S/C9H7BrN2O2/c1-2-3-14-12-9(13)7-4-8(10)6-11-5-7/h1,4-6H,3H2,(H,12,13). The molecule has 0 unspecified atom stereocenters. The minimum atomic E-state index is -0.381. The summed E-state index contributed by atoms with van der Waals surface area (Å²) in [5.41, 5.74) is 2.58. The van der Waals surface area contributed by atoms with Crippen molar-refractivity contribution >= 4 is 21.8 Å². The summed E-state index contributed by atoms with van der Waals surface area (Å²) in [7, 11) is 0. The van der Waals surface area contributed by atoms with Crippen LogP contribution in [0.4, 0.5) is 0 Å². The van der Waals surface area contributed by atoms with Gasteiger partial charge in [-0.1, -0.05) is 5.92 Å². The molecule has 0 aromatic carbocycles. The molecule has 1 aromatic heterocycles. The van der Waals surface area contributed by atoms with Gasteiger partial charge in [0.15, 0.2) is 0 Å². The number of hydrogen-bond acceptors (Lipinski definition) is 3. The molecule has 0 radical (unpaired) electrons. The van der Waals surface area contributed by atoms with Crippen LogP contribution in [0, 0.1) is 12.3 Å². The molecular formula is C9H7BrN2O2. The first-order valence-electron chi connectivity index (χ1n) is 3.70. The van der Waals surface area contributed by atoms with Gasteiger partial charge in [-0.05, 0) is 22.0 Å². The lowest BCUT2D eigenvalue weighted by molar-refractivity contribution is 0.0437. The quantitative estimate of drug-likeness (QED) is 0.500. The van der Waals surface area contributed by atoms with Gasteiger partial charge >= 0.3 is 0 Å². The number of nitrogens with one attached hydrogen (secondary N) is 1. The van der Waals surface area contributed by atoms with Gasteiger partial charge in [0, 0.05) is 16.9 Å². The zero-order chi connectivity index (χ0) is 10.4. The van der Waals surface area contributed by atoms with E-state index in [1.54, 1.807) is 12.3 Å². The van der Waals surface area contributed by atoms with Crippen LogP contribution in [-0.2, 0) is 4.84 Å². The van der Waals surface area contributed by atoms with Gasteiger partial charge in [-0.15, -0.1) is 6.42 Å². The van der Waals surface area contributed by atoms with Crippen molar-refractivity contribution in [3.63, 3.8) is 0 Å². The predicted molar refractivity (Wildman–Crippen MR) is 54.2 cm³/mol. The second kappa shape index (κ2) is 5.37. The van der Waals surface area contributed by atoms with Gasteiger partial charge in [-0.3, -0.25) is 14.6 Å². The van der Waals surface area contributed by atoms with E-state index in [0.717, 1.165) is 4.47 Å². The van der Waals surface area contributed by atoms with E-state index in [4.69, 9.17) is 6.42 Å². The molecule has 0 atom stereocenters. The van der Waals surface area contributed by atoms with Crippen LogP contribution < -0.4 is 5.48 Å². The molecule has 0 saturated heterocycles. The van der Waals surface area contributed by atoms with Crippen LogP contribution in [0.5, 0.6) is 0 Å². The minimum Gasteiger partial charge on any atom is -0.267 e. The van der Waals surface area contributed by atoms with Crippen molar-refractivity contribution in [3.05, 3.63) is 28.5 Å². The molecule has 0 spiro atoms. The Labute approximate surface area is 89.8 Å². The fourth-order valence-electron chi connectivity index (χ4n) is 0.738. The molecule has 0 fully saturated rings. The Kier molecular flexibility index (Phi) is 4.11. The first-order chi connectivity index (χ1) is 6.74. The molecule has 5 heteroatoms. The Morgan fingerprint density at radius 2 is 2.50 bits per heavy atom. The Morgan fingerprint density at radius 3 is 3.14 bits per heavy atom. The molecule has 1 rings (SSSR count). The molecule has 1 aromatic rings. The Balaban J connectivity index is 2.57. The predicted octanol–water partition coefficient (Wildman–Crippen LogP) is 1.14. The highest BCUT2D eigenvalue weighted by atomic mass is 79.9. The maximum atomic E-state index is 11.3. The summed E-state index contributed by atoms with van der Waals surface area (Å²) in [6.07, 6.45) is 7.94. The molecule has 1 heterocycles. The third-order valence-electron chi connectivity index (χ3n) is 1.29. The summed E-state index contributed by atoms with van der Waals surface area (Å²) in [5.74, 6) is 1.84. The van der Waals surface area contributed by atoms with Gasteiger partial charge in [0.25, 0.3) is 5.91 Å². The number of halogens is 1. The van der Waals surface area contributed by atoms with E-state index in [2.05, 4.69) is 37.2 Å². The number of nitrogens with zero attached hydrogens (tertiary/aromatic N) is 1. The number of rotatable bonds is 3. The van der Waals surface area contributed by atoms with Crippen molar-refractivity contribution in [1.29, 1.82) is 0 Å². The highest BCUT2D eigenvalue weighted by Gasteiger charge is 2.05. The van der Waals surface area contributed by atoms with Crippen molar-refractivity contribution in [3.8, 4) is 12.3 Å². The van der Waals surface area contributed by atoms with Crippen molar-refractivity contribution < 1.29 is 9.63 Å². The molecule has 14 heavy (non-hydrogen) atoms. The topological polar surface area (TPSA) is 51.2 Å². The number of carbonyl (C=O) groups excluding carboxylic acids is 1. The smallest absolute Gasteiger partial charge is 0.267 e. The lowest BCUT2D eigenvalue weighted by atomic mass is 10.3. The molecular weight excluding hydrogens is 248 g/mol. The van der Waals surface area contributed by atoms with E-state index in [9.17, 15) is 4.79 Å². The maximum Gasteiger partial charge on any atom is 0.276 e. The third-order valence-corrected chi connectivity index (χ3v) is 1.72. The van der Waals surface area contributed by atoms with E-state index in [0.29, 0.717) is 5.56 Å². The van der Waals surface area contributed by atoms with Gasteiger partial charge in [-0.2, -0.15) is 0 Å². The van der Waals surface area contributed by atoms with Crippen LogP contribution in [0.1, 0.15) is 10.4 Å². The molecule has 1 amide bonds. The normalized spacial score (nSPS) is 9.14. The summed E-state index contributed by atoms with van der Waals surface area (Å²) in [6, 6.07) is 1.63. The summed E-state index contributed by atoms with van der Waals surface area (Å²) in [6.45, 7) is 0.0349. The van der Waals surface area contributed by atoms with Crippen molar-refractivity contribution in [2.75, 3.05) is 6.61 Å². The molecule has 1 N–H and O–H groups in total. The Hall–Kier alpha value is -1.38. The SMILES string of the molecule is C#CCONC(=O)c1cncc(Br)c1. The summed E-state index contributed by atoms with van der Waals surface area (Å²) >= 11 is 3.20. The monoisotopic (exact) mass is 254 g/mol. The fraction of sp³-hybridized carbons (Fsp3) is 0.111. The van der Waals surface area contributed by atoms with Crippen LogP contribution >= 0.6 is 15.9 Å². The molecule has 0 bridgehead atoms. The molecule has 0 aliphatic heterocycles. The Morgan fingerprint density at radius 1 is 1.71 bits per heavy atom. The molecule has 0 saturated carbocycles. The summed E-state index contributed by atoms with van der Waals surface area (Å²) in [4.78, 5) is 19.8. The van der Waals surface area contributed by atoms with Gasteiger partial charge in [0.2, 0.25) is 0 Å². The number of aromatic nitrogens is 1. The van der Waals surface area contributed by atoms with Gasteiger partial charge in [0.05, 0.1) is 5.56 Å². The van der Waals surface area contributed by atoms with E-state index in [1.165, 1.54) is 6.20 Å². The number of hydroxylamine groups is 1. The van der Waals surface area contributed by atoms with Crippen LogP contribution in [0.25, 0.3) is 0 Å². The number of amides is 1. The maximum absolute atomic E-state index is 11.3. The zero-order valence-corrected chi connectivity index (χ0v) is 8.74. The Bertz CT molecular complexity index is 373. The first-order valence-corrected chi connectivity index (χ1v) is 4.49. The largest absolute Gasteiger partial charge is 0.276 e. The minimum absolute atomic E-state index is 0.0349. The highest BCUT2D eigenvalue weighted by molar-refractivity contribution is 9.10. The second-order valence-electron chi connectivity index (χ2n) is 2.32. The lowest BCUT2D eigenvalue weighted by Crippen LogP contribution is -2.23. The zero-order valence-electron chi connectivity index (χ0n) is 7.16. The molecule has 0 aliphatic rings. The molecule has 72 valence electrons. The summed E-state index contributed by atoms with van der Waals surface area (Å²) in [5, 5.41) is 0. The summed E-state index contributed by atoms with van der Waals surface area (Å²) < 4.78 is 0.724. The van der Waals surface area contributed by atoms with E-state index < -0.39 is 0 Å². The first kappa shape index (κ1) is 10.7. The fourth-order valence-corrected chi connectivity index (χ4v) is 1.10. The average Bonchev–Trinajstić information content (AvgIpc) is 2.18. The van der Waals surface area contributed by atoms with Crippen LogP contribution in [-0.4, -0.2) is 17.5 Å².